The van der Waals surface area contributed by atoms with Crippen LogP contribution in [0.4, 0.5) is 0 Å². The van der Waals surface area contributed by atoms with Crippen LogP contribution >= 0.6 is 36.1 Å². The zero-order chi connectivity index (χ0) is 8.36. The molecule has 0 aromatic carbocycles. The number of rotatable bonds is 3. The quantitative estimate of drug-likeness (QED) is 0.574. The standard InChI is InChI=1S/C6H14IOPS/c1-5(2)9(8,10-7)6(3)4/h5-6H,1-4H3. The highest BCUT2D eigenvalue weighted by molar-refractivity contribution is 14.2. The van der Waals surface area contributed by atoms with E-state index in [1.807, 2.05) is 27.7 Å². The van der Waals surface area contributed by atoms with Gasteiger partial charge in [-0.25, -0.2) is 0 Å². The van der Waals surface area contributed by atoms with Crippen LogP contribution in [-0.2, 0) is 4.57 Å². The van der Waals surface area contributed by atoms with Crippen molar-refractivity contribution < 1.29 is 4.57 Å². The van der Waals surface area contributed by atoms with Gasteiger partial charge >= 0.3 is 0 Å². The van der Waals surface area contributed by atoms with Gasteiger partial charge in [-0.15, -0.1) is 0 Å². The molecule has 1 nitrogen and oxygen atoms in total. The zero-order valence-corrected chi connectivity index (χ0v) is 10.7. The van der Waals surface area contributed by atoms with Crippen LogP contribution in [0.3, 0.4) is 0 Å². The van der Waals surface area contributed by atoms with Gasteiger partial charge in [0.2, 0.25) is 0 Å². The van der Waals surface area contributed by atoms with Crippen molar-refractivity contribution in [1.29, 1.82) is 0 Å². The van der Waals surface area contributed by atoms with Crippen LogP contribution in [0.15, 0.2) is 0 Å². The molecule has 0 aromatic heterocycles. The molecule has 0 amide bonds. The SMILES string of the molecule is CC(C)P(=O)(SI)C(C)C. The van der Waals surface area contributed by atoms with E-state index in [-0.39, 0.29) is 0 Å². The molecular formula is C6H14IOPS. The molecule has 62 valence electrons. The van der Waals surface area contributed by atoms with E-state index in [0.717, 1.165) is 0 Å². The Morgan fingerprint density at radius 1 is 1.20 bits per heavy atom. The van der Waals surface area contributed by atoms with Gasteiger partial charge in [-0.2, -0.15) is 0 Å². The molecule has 0 aliphatic carbocycles. The van der Waals surface area contributed by atoms with Crippen molar-refractivity contribution in [3.63, 3.8) is 0 Å². The number of halogens is 1. The molecule has 0 atom stereocenters. The molecule has 4 heteroatoms. The third-order valence-electron chi connectivity index (χ3n) is 1.55. The van der Waals surface area contributed by atoms with Gasteiger partial charge in [-0.3, -0.25) is 0 Å². The van der Waals surface area contributed by atoms with Gasteiger partial charge < -0.3 is 4.57 Å². The molecule has 0 aliphatic rings. The van der Waals surface area contributed by atoms with Crippen molar-refractivity contribution >= 4 is 36.1 Å². The molecule has 0 spiro atoms. The summed E-state index contributed by atoms with van der Waals surface area (Å²) in [5.74, 6) is 0. The molecular weight excluding hydrogens is 278 g/mol. The molecule has 0 N–H and O–H groups in total. The Kier molecular flexibility index (Phi) is 4.94. The average molecular weight is 292 g/mol. The molecule has 0 aromatic rings. The van der Waals surface area contributed by atoms with Crippen LogP contribution in [-0.4, -0.2) is 11.3 Å². The van der Waals surface area contributed by atoms with E-state index in [1.54, 1.807) is 0 Å². The summed E-state index contributed by atoms with van der Waals surface area (Å²) in [6.45, 7) is 8.14. The van der Waals surface area contributed by atoms with E-state index >= 15 is 0 Å². The summed E-state index contributed by atoms with van der Waals surface area (Å²) in [5.41, 5.74) is 0.629. The minimum Gasteiger partial charge on any atom is -0.311 e. The zero-order valence-electron chi connectivity index (χ0n) is 6.80. The van der Waals surface area contributed by atoms with E-state index in [0.29, 0.717) is 11.3 Å². The van der Waals surface area contributed by atoms with Crippen LogP contribution in [0.1, 0.15) is 27.7 Å². The smallest absolute Gasteiger partial charge is 0.153 e. The van der Waals surface area contributed by atoms with Crippen molar-refractivity contribution in [2.24, 2.45) is 0 Å². The lowest BCUT2D eigenvalue weighted by atomic mass is 10.5. The molecule has 0 radical (unpaired) electrons. The average Bonchev–Trinajstić information content (AvgIpc) is 1.85. The van der Waals surface area contributed by atoms with Gasteiger partial charge in [0, 0.05) is 32.5 Å². The van der Waals surface area contributed by atoms with Crippen molar-refractivity contribution in [1.82, 2.24) is 0 Å². The highest BCUT2D eigenvalue weighted by Gasteiger charge is 2.29. The summed E-state index contributed by atoms with van der Waals surface area (Å²) in [7, 11) is 1.51. The van der Waals surface area contributed by atoms with Gasteiger partial charge in [0.15, 0.2) is 6.34 Å². The Morgan fingerprint density at radius 2 is 1.50 bits per heavy atom. The molecule has 0 rings (SSSR count). The third kappa shape index (κ3) is 2.42. The molecule has 10 heavy (non-hydrogen) atoms. The fourth-order valence-corrected chi connectivity index (χ4v) is 11.4. The number of hydrogen-bond donors (Lipinski definition) is 0. The van der Waals surface area contributed by atoms with Crippen LogP contribution in [0.5, 0.6) is 0 Å². The van der Waals surface area contributed by atoms with Gasteiger partial charge in [-0.1, -0.05) is 27.7 Å². The fourth-order valence-electron chi connectivity index (χ4n) is 0.756. The maximum absolute atomic E-state index is 11.9. The number of hydrogen-bond acceptors (Lipinski definition) is 2. The summed E-state index contributed by atoms with van der Waals surface area (Å²) in [6, 6.07) is 0. The first-order valence-corrected chi connectivity index (χ1v) is 9.15. The summed E-state index contributed by atoms with van der Waals surface area (Å²) in [6.07, 6.45) is -1.94. The van der Waals surface area contributed by atoms with Gasteiger partial charge in [0.05, 0.1) is 0 Å². The van der Waals surface area contributed by atoms with Crippen molar-refractivity contribution in [3.8, 4) is 0 Å². The van der Waals surface area contributed by atoms with E-state index in [1.165, 1.54) is 8.55 Å². The van der Waals surface area contributed by atoms with Gasteiger partial charge in [-0.05, 0) is 8.55 Å². The van der Waals surface area contributed by atoms with Crippen LogP contribution < -0.4 is 0 Å². The monoisotopic (exact) mass is 292 g/mol. The highest BCUT2D eigenvalue weighted by atomic mass is 127. The maximum Gasteiger partial charge on any atom is 0.153 e. The largest absolute Gasteiger partial charge is 0.311 e. The summed E-state index contributed by atoms with van der Waals surface area (Å²) < 4.78 is 11.9. The van der Waals surface area contributed by atoms with E-state index in [4.69, 9.17) is 0 Å². The Hall–Kier alpha value is 1.31. The first-order valence-electron chi connectivity index (χ1n) is 3.35. The molecule has 0 fully saturated rings. The molecule has 0 aliphatic heterocycles. The topological polar surface area (TPSA) is 17.1 Å². The molecule has 0 saturated carbocycles. The summed E-state index contributed by atoms with van der Waals surface area (Å²) in [5, 5.41) is 0. The predicted molar refractivity (Wildman–Crippen MR) is 59.5 cm³/mol. The first-order chi connectivity index (χ1) is 4.45. The second-order valence-electron chi connectivity index (χ2n) is 2.90. The minimum absolute atomic E-state index is 0.314. The Morgan fingerprint density at radius 3 is 1.50 bits per heavy atom. The van der Waals surface area contributed by atoms with Crippen molar-refractivity contribution in [2.75, 3.05) is 0 Å². The minimum atomic E-state index is -1.94. The first kappa shape index (κ1) is 11.3. The molecule has 0 bridgehead atoms. The van der Waals surface area contributed by atoms with Crippen LogP contribution in [0.2, 0.25) is 0 Å². The Bertz CT molecular complexity index is 135. The van der Waals surface area contributed by atoms with E-state index in [2.05, 4.69) is 21.2 Å². The Labute approximate surface area is 79.4 Å². The van der Waals surface area contributed by atoms with Crippen LogP contribution in [0.25, 0.3) is 0 Å². The lowest BCUT2D eigenvalue weighted by Gasteiger charge is -2.21. The molecule has 0 unspecified atom stereocenters. The third-order valence-corrected chi connectivity index (χ3v) is 13.4. The lowest BCUT2D eigenvalue weighted by molar-refractivity contribution is 0.573. The lowest BCUT2D eigenvalue weighted by Crippen LogP contribution is -2.03. The van der Waals surface area contributed by atoms with Crippen LogP contribution in [0, 0.1) is 0 Å². The second kappa shape index (κ2) is 4.36. The van der Waals surface area contributed by atoms with Gasteiger partial charge in [0.25, 0.3) is 0 Å². The van der Waals surface area contributed by atoms with E-state index < -0.39 is 6.34 Å². The molecule has 0 saturated heterocycles. The summed E-state index contributed by atoms with van der Waals surface area (Å²) >= 11 is 2.15. The highest BCUT2D eigenvalue weighted by Crippen LogP contribution is 2.68. The fraction of sp³-hybridized carbons (Fsp3) is 1.00. The maximum atomic E-state index is 11.9. The molecule has 0 heterocycles. The summed E-state index contributed by atoms with van der Waals surface area (Å²) in [4.78, 5) is 0. The van der Waals surface area contributed by atoms with Crippen molar-refractivity contribution in [2.45, 2.75) is 39.0 Å². The van der Waals surface area contributed by atoms with Gasteiger partial charge in [0.1, 0.15) is 0 Å². The second-order valence-corrected chi connectivity index (χ2v) is 12.1. The predicted octanol–water partition coefficient (Wildman–Crippen LogP) is 4.16. The van der Waals surface area contributed by atoms with E-state index in [9.17, 15) is 4.57 Å². The van der Waals surface area contributed by atoms with Crippen molar-refractivity contribution in [3.05, 3.63) is 0 Å². The normalized spacial score (nSPS) is 13.1. The Balaban J connectivity index is 4.40.